The number of amides is 6. The molecule has 1 aromatic heterocycles. The third kappa shape index (κ3) is 14.7. The van der Waals surface area contributed by atoms with Crippen molar-refractivity contribution in [3.63, 3.8) is 0 Å². The predicted octanol–water partition coefficient (Wildman–Crippen LogP) is -5.70. The smallest absolute Gasteiger partial charge is 0.315 e. The average Bonchev–Trinajstić information content (AvgIpc) is 3.97. The fraction of sp³-hybridized carbons (Fsp3) is 0.702. The molecule has 0 radical (unpaired) electrons. The maximum absolute atomic E-state index is 13.2. The number of carbonyl (C=O) groups excluding carboxylic acids is 5. The second-order valence-electron chi connectivity index (χ2n) is 18.9. The van der Waals surface area contributed by atoms with Crippen molar-refractivity contribution in [2.75, 3.05) is 58.4 Å². The second-order valence-corrected chi connectivity index (χ2v) is 20.2. The van der Waals surface area contributed by atoms with Crippen LogP contribution in [0.2, 0.25) is 0 Å². The summed E-state index contributed by atoms with van der Waals surface area (Å²) in [6.45, 7) is -1.52. The van der Waals surface area contributed by atoms with Crippen LogP contribution in [0.3, 0.4) is 0 Å². The summed E-state index contributed by atoms with van der Waals surface area (Å²) in [7, 11) is 0. The number of aliphatic hydroxyl groups is 9. The molecule has 5 fully saturated rings. The van der Waals surface area contributed by atoms with E-state index in [2.05, 4.69) is 36.9 Å². The molecule has 0 saturated carbocycles. The number of pyridine rings is 1. The van der Waals surface area contributed by atoms with Gasteiger partial charge in [-0.15, -0.1) is 0 Å². The predicted molar refractivity (Wildman–Crippen MR) is 261 cm³/mol. The van der Waals surface area contributed by atoms with Gasteiger partial charge in [-0.1, -0.05) is 18.6 Å². The van der Waals surface area contributed by atoms with Gasteiger partial charge in [0.05, 0.1) is 44.0 Å². The van der Waals surface area contributed by atoms with Crippen LogP contribution in [0, 0.1) is 0 Å². The zero-order valence-corrected chi connectivity index (χ0v) is 42.3. The number of nitrogens with zero attached hydrogens (tertiary/aromatic N) is 1. The van der Waals surface area contributed by atoms with Crippen LogP contribution in [0.4, 0.5) is 4.79 Å². The van der Waals surface area contributed by atoms with Crippen LogP contribution in [0.5, 0.6) is 5.75 Å². The van der Waals surface area contributed by atoms with Crippen molar-refractivity contribution in [2.45, 2.75) is 148 Å². The molecule has 424 valence electrons. The minimum absolute atomic E-state index is 0.0237. The van der Waals surface area contributed by atoms with Crippen molar-refractivity contribution in [1.82, 2.24) is 36.9 Å². The summed E-state index contributed by atoms with van der Waals surface area (Å²) in [5, 5.41) is 112. The minimum atomic E-state index is -1.99. The lowest BCUT2D eigenvalue weighted by molar-refractivity contribution is -0.376. The third-order valence-corrected chi connectivity index (χ3v) is 15.0. The zero-order chi connectivity index (χ0) is 54.6. The number of rotatable bonds is 25. The van der Waals surface area contributed by atoms with E-state index in [4.69, 9.17) is 33.2 Å². The molecule has 5 saturated heterocycles. The van der Waals surface area contributed by atoms with Crippen LogP contribution in [-0.2, 0) is 42.8 Å². The van der Waals surface area contributed by atoms with Gasteiger partial charge in [-0.25, -0.2) is 9.78 Å². The Morgan fingerprint density at radius 2 is 1.41 bits per heavy atom. The highest BCUT2D eigenvalue weighted by Gasteiger charge is 2.54. The number of aliphatic hydroxyl groups excluding tert-OH is 9. The molecule has 5 aliphatic rings. The first-order chi connectivity index (χ1) is 36.5. The highest BCUT2D eigenvalue weighted by Crippen LogP contribution is 2.35. The Bertz CT molecular complexity index is 2280. The number of hydrogen-bond donors (Lipinski definition) is 15. The second kappa shape index (κ2) is 27.8. The molecule has 2 aromatic rings. The van der Waals surface area contributed by atoms with E-state index >= 15 is 0 Å². The number of ether oxygens (including phenoxy) is 7. The lowest BCUT2D eigenvalue weighted by Gasteiger charge is -2.48. The van der Waals surface area contributed by atoms with Crippen molar-refractivity contribution >= 4 is 52.3 Å². The van der Waals surface area contributed by atoms with E-state index in [0.29, 0.717) is 29.0 Å². The molecule has 0 aliphatic carbocycles. The number of carbonyl (C=O) groups is 5. The Balaban J connectivity index is 0.846. The van der Waals surface area contributed by atoms with Crippen molar-refractivity contribution < 1.29 is 103 Å². The first-order valence-corrected chi connectivity index (χ1v) is 26.2. The molecule has 1 aromatic carbocycles. The summed E-state index contributed by atoms with van der Waals surface area (Å²) in [6.07, 6.45) is -21.0. The minimum Gasteiger partial charge on any atom is -0.483 e. The molecule has 15 N–H and O–H groups in total. The molecule has 6 heterocycles. The van der Waals surface area contributed by atoms with Gasteiger partial charge in [0, 0.05) is 55.4 Å². The van der Waals surface area contributed by atoms with E-state index in [0.717, 1.165) is 25.5 Å². The van der Waals surface area contributed by atoms with Gasteiger partial charge in [-0.05, 0) is 31.4 Å². The van der Waals surface area contributed by atoms with Crippen molar-refractivity contribution in [3.05, 3.63) is 36.0 Å². The summed E-state index contributed by atoms with van der Waals surface area (Å²) < 4.78 is 40.1. The van der Waals surface area contributed by atoms with E-state index in [-0.39, 0.29) is 68.1 Å². The quantitative estimate of drug-likeness (QED) is 0.0325. The third-order valence-electron chi connectivity index (χ3n) is 13.5. The van der Waals surface area contributed by atoms with Gasteiger partial charge in [-0.3, -0.25) is 19.2 Å². The zero-order valence-electron chi connectivity index (χ0n) is 41.5. The highest BCUT2D eigenvalue weighted by molar-refractivity contribution is 8.00. The number of para-hydroxylation sites is 1. The monoisotopic (exact) mass is 1100 g/mol. The summed E-state index contributed by atoms with van der Waals surface area (Å²) in [6, 6.07) is 7.07. The molecule has 9 unspecified atom stereocenters. The van der Waals surface area contributed by atoms with Gasteiger partial charge in [-0.2, -0.15) is 11.8 Å². The molecule has 18 atom stereocenters. The Hall–Kier alpha value is -4.67. The van der Waals surface area contributed by atoms with E-state index in [9.17, 15) is 69.9 Å². The van der Waals surface area contributed by atoms with Crippen LogP contribution in [-0.4, -0.2) is 248 Å². The topological polar surface area (TPSA) is 417 Å². The SMILES string of the molecule is CC(=O)NC1C(O)[C@H](O[C@@H]2OC(CO)[C@H](O)C(O[C@H]3OC(CO)[C@H](O)C(O)C3O)C2O)C(CO)O[C@H]1OCCCNC(=O)COc1cc(C(=O)NCCNC(=O)CCCC[C@@H]2SC[C@@H]3NC(=O)N[C@@H]32)nc2ccccc12. The average molecular weight is 1100 g/mol. The lowest BCUT2D eigenvalue weighted by Crippen LogP contribution is -2.68. The first-order valence-electron chi connectivity index (χ1n) is 25.1. The summed E-state index contributed by atoms with van der Waals surface area (Å²) in [5.74, 6) is -0.734. The maximum Gasteiger partial charge on any atom is 0.315 e. The Morgan fingerprint density at radius 3 is 2.14 bits per heavy atom. The van der Waals surface area contributed by atoms with Gasteiger partial charge in [0.25, 0.3) is 11.8 Å². The molecule has 5 aliphatic heterocycles. The van der Waals surface area contributed by atoms with Crippen LogP contribution >= 0.6 is 11.8 Å². The number of benzene rings is 1. The molecule has 0 bridgehead atoms. The molecular formula is C47H69N7O21S. The van der Waals surface area contributed by atoms with E-state index < -0.39 is 136 Å². The maximum atomic E-state index is 13.2. The van der Waals surface area contributed by atoms with E-state index in [1.165, 1.54) is 6.07 Å². The van der Waals surface area contributed by atoms with Crippen LogP contribution < -0.4 is 36.6 Å². The van der Waals surface area contributed by atoms with Gasteiger partial charge >= 0.3 is 6.03 Å². The number of nitrogens with one attached hydrogen (secondary N) is 6. The van der Waals surface area contributed by atoms with E-state index in [1.54, 1.807) is 24.3 Å². The van der Waals surface area contributed by atoms with Gasteiger partial charge in [0.1, 0.15) is 84.6 Å². The number of aromatic nitrogens is 1. The number of thioether (sulfide) groups is 1. The fourth-order valence-electron chi connectivity index (χ4n) is 9.49. The normalized spacial score (nSPS) is 34.2. The largest absolute Gasteiger partial charge is 0.483 e. The summed E-state index contributed by atoms with van der Waals surface area (Å²) in [4.78, 5) is 66.9. The van der Waals surface area contributed by atoms with Gasteiger partial charge in [0.2, 0.25) is 11.8 Å². The number of urea groups is 1. The van der Waals surface area contributed by atoms with Crippen LogP contribution in [0.15, 0.2) is 30.3 Å². The first kappa shape index (κ1) is 59.0. The lowest BCUT2D eigenvalue weighted by atomic mass is 9.95. The molecular weight excluding hydrogens is 1030 g/mol. The standard InChI is InChI=1S/C47H69N7O21S/c1-21(58)51-34-37(63)41(74-46-40(66)42(36(62)28(17-56)72-46)75-45-39(65)38(64)35(61)27(16-55)71-45)29(18-57)73-44(34)69-14-6-11-48-32(60)19-70-26-15-24(52-23-8-3-2-7-22(23)26)43(67)50-13-12-49-31(59)10-5-4-9-30-33-25(20-76-30)53-47(68)54-33/h2-3,7-8,15,25,27-30,33-42,44-46,55-57,61-66H,4-6,9-14,16-20H2,1H3,(H,48,60)(H,49,59)(H,50,67)(H,51,58)(H2,53,54,68)/t25-,27?,28?,29?,30-,33-,34?,35-,36-,37?,38?,39?,40?,41+,42?,44+,45+,46-/m0/s1. The summed E-state index contributed by atoms with van der Waals surface area (Å²) in [5.41, 5.74) is 0.460. The highest BCUT2D eigenvalue weighted by atomic mass is 32.2. The van der Waals surface area contributed by atoms with Crippen molar-refractivity contribution in [3.8, 4) is 5.75 Å². The molecule has 6 amide bonds. The molecule has 28 nitrogen and oxygen atoms in total. The van der Waals surface area contributed by atoms with Gasteiger partial charge < -0.3 is 111 Å². The molecule has 0 spiro atoms. The molecule has 7 rings (SSSR count). The van der Waals surface area contributed by atoms with Crippen molar-refractivity contribution in [1.29, 1.82) is 0 Å². The Kier molecular flexibility index (Phi) is 21.6. The van der Waals surface area contributed by atoms with Crippen LogP contribution in [0.1, 0.15) is 49.5 Å². The number of fused-ring (bicyclic) bond motifs is 2. The summed E-state index contributed by atoms with van der Waals surface area (Å²) >= 11 is 1.83. The number of unbranched alkanes of at least 4 members (excludes halogenated alkanes) is 1. The van der Waals surface area contributed by atoms with Crippen molar-refractivity contribution in [2.24, 2.45) is 0 Å². The van der Waals surface area contributed by atoms with E-state index in [1.807, 2.05) is 11.8 Å². The Labute approximate surface area is 439 Å². The molecule has 29 heteroatoms. The molecule has 76 heavy (non-hydrogen) atoms. The number of hydrogen-bond acceptors (Lipinski definition) is 23. The Morgan fingerprint density at radius 1 is 0.737 bits per heavy atom. The van der Waals surface area contributed by atoms with Crippen LogP contribution in [0.25, 0.3) is 10.9 Å². The van der Waals surface area contributed by atoms with Gasteiger partial charge in [0.15, 0.2) is 25.5 Å². The fourth-order valence-corrected chi connectivity index (χ4v) is 11.0.